The van der Waals surface area contributed by atoms with Crippen LogP contribution in [0.5, 0.6) is 5.88 Å². The summed E-state index contributed by atoms with van der Waals surface area (Å²) in [6.07, 6.45) is 1.43. The summed E-state index contributed by atoms with van der Waals surface area (Å²) >= 11 is 0. The third-order valence-corrected chi connectivity index (χ3v) is 5.71. The number of rotatable bonds is 3. The van der Waals surface area contributed by atoms with Gasteiger partial charge in [-0.15, -0.1) is 0 Å². The molecule has 0 aliphatic carbocycles. The quantitative estimate of drug-likeness (QED) is 0.682. The van der Waals surface area contributed by atoms with Gasteiger partial charge in [-0.3, -0.25) is 0 Å². The molecule has 0 atom stereocenters. The van der Waals surface area contributed by atoms with Gasteiger partial charge in [0, 0.05) is 37.9 Å². The highest BCUT2D eigenvalue weighted by Crippen LogP contribution is 2.45. The molecule has 0 saturated carbocycles. The van der Waals surface area contributed by atoms with Gasteiger partial charge in [0.25, 0.3) is 5.88 Å². The van der Waals surface area contributed by atoms with E-state index < -0.39 is 17.4 Å². The van der Waals surface area contributed by atoms with Crippen molar-refractivity contribution in [1.82, 2.24) is 4.98 Å². The van der Waals surface area contributed by atoms with Gasteiger partial charge in [0.15, 0.2) is 5.76 Å². The number of carbonyl (C=O) groups excluding carboxylic acids is 1. The van der Waals surface area contributed by atoms with E-state index in [-0.39, 0.29) is 11.4 Å². The van der Waals surface area contributed by atoms with Crippen molar-refractivity contribution in [3.05, 3.63) is 76.8 Å². The maximum Gasteiger partial charge on any atom is 0.342 e. The van der Waals surface area contributed by atoms with Crippen LogP contribution in [0, 0.1) is 5.82 Å². The van der Waals surface area contributed by atoms with Gasteiger partial charge in [-0.25, -0.2) is 9.18 Å². The predicted octanol–water partition coefficient (Wildman–Crippen LogP) is 3.78. The second-order valence-electron chi connectivity index (χ2n) is 7.44. The van der Waals surface area contributed by atoms with Gasteiger partial charge in [-0.2, -0.15) is 4.98 Å². The number of ether oxygens (including phenoxy) is 1. The van der Waals surface area contributed by atoms with Crippen LogP contribution < -0.4 is 4.90 Å². The molecule has 0 bridgehead atoms. The van der Waals surface area contributed by atoms with E-state index in [9.17, 15) is 14.3 Å². The number of anilines is 1. The Morgan fingerprint density at radius 1 is 1.10 bits per heavy atom. The number of carbonyl (C=O) groups is 1. The average Bonchev–Trinajstić information content (AvgIpc) is 3.22. The van der Waals surface area contributed by atoms with Gasteiger partial charge in [-0.1, -0.05) is 42.5 Å². The summed E-state index contributed by atoms with van der Waals surface area (Å²) in [4.78, 5) is 18.3. The average molecular weight is 394 g/mol. The molecule has 1 spiro atoms. The maximum absolute atomic E-state index is 14.1. The molecular formula is C22H19FN2O4. The van der Waals surface area contributed by atoms with Gasteiger partial charge >= 0.3 is 12.0 Å². The van der Waals surface area contributed by atoms with E-state index in [0.29, 0.717) is 49.7 Å². The van der Waals surface area contributed by atoms with Crippen LogP contribution in [-0.4, -0.2) is 29.1 Å². The third kappa shape index (κ3) is 2.93. The number of fused-ring (bicyclic) bond motifs is 2. The van der Waals surface area contributed by atoms with Gasteiger partial charge in [0.05, 0.1) is 0 Å². The second kappa shape index (κ2) is 6.62. The maximum atomic E-state index is 14.1. The highest BCUT2D eigenvalue weighted by atomic mass is 19.1. The fraction of sp³-hybridized carbons (Fsp3) is 0.273. The van der Waals surface area contributed by atoms with Crippen LogP contribution >= 0.6 is 0 Å². The number of nitrogens with zero attached hydrogens (tertiary/aromatic N) is 2. The highest BCUT2D eigenvalue weighted by molar-refractivity contribution is 5.95. The molecule has 148 valence electrons. The van der Waals surface area contributed by atoms with Gasteiger partial charge < -0.3 is 19.2 Å². The Kier molecular flexibility index (Phi) is 4.04. The Balaban J connectivity index is 1.34. The Morgan fingerprint density at radius 2 is 1.86 bits per heavy atom. The molecule has 6 nitrogen and oxygen atoms in total. The van der Waals surface area contributed by atoms with E-state index >= 15 is 0 Å². The summed E-state index contributed by atoms with van der Waals surface area (Å²) < 4.78 is 25.5. The lowest BCUT2D eigenvalue weighted by Crippen LogP contribution is -2.43. The number of esters is 1. The van der Waals surface area contributed by atoms with Crippen molar-refractivity contribution in [3.63, 3.8) is 0 Å². The van der Waals surface area contributed by atoms with Crippen molar-refractivity contribution in [2.45, 2.75) is 24.9 Å². The van der Waals surface area contributed by atoms with Crippen molar-refractivity contribution in [2.24, 2.45) is 0 Å². The second-order valence-corrected chi connectivity index (χ2v) is 7.44. The number of piperidine rings is 1. The van der Waals surface area contributed by atoms with E-state index in [0.717, 1.165) is 5.56 Å². The molecule has 1 fully saturated rings. The molecule has 2 aliphatic heterocycles. The molecule has 2 aliphatic rings. The fourth-order valence-corrected chi connectivity index (χ4v) is 4.19. The molecule has 3 aromatic rings. The van der Waals surface area contributed by atoms with Crippen molar-refractivity contribution in [2.75, 3.05) is 18.0 Å². The lowest BCUT2D eigenvalue weighted by atomic mass is 9.84. The minimum Gasteiger partial charge on any atom is -0.491 e. The minimum atomic E-state index is -0.813. The smallest absolute Gasteiger partial charge is 0.342 e. The van der Waals surface area contributed by atoms with Crippen molar-refractivity contribution in [1.29, 1.82) is 0 Å². The molecule has 2 aromatic carbocycles. The first kappa shape index (κ1) is 17.7. The molecule has 1 N–H and O–H groups in total. The van der Waals surface area contributed by atoms with Crippen LogP contribution in [0.4, 0.5) is 10.4 Å². The van der Waals surface area contributed by atoms with E-state index in [4.69, 9.17) is 9.15 Å². The number of oxazole rings is 1. The molecule has 7 heteroatoms. The first-order chi connectivity index (χ1) is 14.1. The zero-order valence-corrected chi connectivity index (χ0v) is 15.6. The van der Waals surface area contributed by atoms with Gasteiger partial charge in [0.1, 0.15) is 17.0 Å². The number of hydrogen-bond donors (Lipinski definition) is 1. The van der Waals surface area contributed by atoms with E-state index in [2.05, 4.69) is 4.98 Å². The largest absolute Gasteiger partial charge is 0.491 e. The summed E-state index contributed by atoms with van der Waals surface area (Å²) in [7, 11) is 0. The van der Waals surface area contributed by atoms with E-state index in [1.54, 1.807) is 12.1 Å². The molecule has 0 amide bonds. The van der Waals surface area contributed by atoms with Crippen molar-refractivity contribution < 1.29 is 23.4 Å². The van der Waals surface area contributed by atoms with Crippen LogP contribution in [0.1, 0.15) is 40.1 Å². The standard InChI is InChI=1S/C22H19FN2O4/c23-16-8-4-7-15-18(16)20(27)29-22(15)9-11-25(12-10-22)21-24-19(26)17(28-21)13-14-5-2-1-3-6-14/h1-8,26H,9-13H2. The summed E-state index contributed by atoms with van der Waals surface area (Å²) in [5, 5.41) is 10.2. The summed E-state index contributed by atoms with van der Waals surface area (Å²) in [6, 6.07) is 14.7. The van der Waals surface area contributed by atoms with E-state index in [1.165, 1.54) is 6.07 Å². The summed E-state index contributed by atoms with van der Waals surface area (Å²) in [5.74, 6) is -0.865. The van der Waals surface area contributed by atoms with Crippen LogP contribution in [-0.2, 0) is 16.8 Å². The van der Waals surface area contributed by atoms with E-state index in [1.807, 2.05) is 35.2 Å². The topological polar surface area (TPSA) is 75.8 Å². The van der Waals surface area contributed by atoms with Crippen molar-refractivity contribution in [3.8, 4) is 5.88 Å². The van der Waals surface area contributed by atoms with Crippen LogP contribution in [0.3, 0.4) is 0 Å². The molecule has 0 unspecified atom stereocenters. The zero-order chi connectivity index (χ0) is 20.0. The number of hydrogen-bond acceptors (Lipinski definition) is 6. The Morgan fingerprint density at radius 3 is 2.62 bits per heavy atom. The number of halogens is 1. The highest BCUT2D eigenvalue weighted by Gasteiger charge is 2.49. The Hall–Kier alpha value is -3.35. The fourth-order valence-electron chi connectivity index (χ4n) is 4.19. The molecular weight excluding hydrogens is 375 g/mol. The number of benzene rings is 2. The first-order valence-corrected chi connectivity index (χ1v) is 9.56. The lowest BCUT2D eigenvalue weighted by molar-refractivity contribution is -0.0214. The zero-order valence-electron chi connectivity index (χ0n) is 15.6. The molecule has 1 saturated heterocycles. The molecule has 3 heterocycles. The summed E-state index contributed by atoms with van der Waals surface area (Å²) in [6.45, 7) is 1.02. The monoisotopic (exact) mass is 394 g/mol. The first-order valence-electron chi connectivity index (χ1n) is 9.56. The van der Waals surface area contributed by atoms with Crippen LogP contribution in [0.25, 0.3) is 0 Å². The third-order valence-electron chi connectivity index (χ3n) is 5.71. The van der Waals surface area contributed by atoms with Crippen LogP contribution in [0.15, 0.2) is 52.9 Å². The SMILES string of the molecule is O=C1OC2(CCN(c3nc(O)c(Cc4ccccc4)o3)CC2)c2cccc(F)c21. The summed E-state index contributed by atoms with van der Waals surface area (Å²) in [5.41, 5.74) is 0.855. The molecule has 29 heavy (non-hydrogen) atoms. The number of aromatic hydroxyl groups is 1. The Labute approximate surface area is 166 Å². The normalized spacial score (nSPS) is 17.4. The lowest BCUT2D eigenvalue weighted by Gasteiger charge is -2.37. The predicted molar refractivity (Wildman–Crippen MR) is 102 cm³/mol. The van der Waals surface area contributed by atoms with Crippen LogP contribution in [0.2, 0.25) is 0 Å². The number of aromatic nitrogens is 1. The molecule has 1 aromatic heterocycles. The van der Waals surface area contributed by atoms with Gasteiger partial charge in [0.2, 0.25) is 0 Å². The minimum absolute atomic E-state index is 0.0415. The Bertz CT molecular complexity index is 1070. The van der Waals surface area contributed by atoms with Crippen molar-refractivity contribution >= 4 is 12.0 Å². The molecule has 0 radical (unpaired) electrons. The molecule has 5 rings (SSSR count). The van der Waals surface area contributed by atoms with Gasteiger partial charge in [-0.05, 0) is 11.6 Å².